The number of rotatable bonds is 20. The molecule has 0 aromatic carbocycles. The van der Waals surface area contributed by atoms with Gasteiger partial charge in [-0.3, -0.25) is 80.2 Å². The molecular formula is C58H80N12O28. The van der Waals surface area contributed by atoms with Crippen molar-refractivity contribution in [2.45, 2.75) is 188 Å². The summed E-state index contributed by atoms with van der Waals surface area (Å²) < 4.78 is 77.6. The first-order chi connectivity index (χ1) is 48.5. The van der Waals surface area contributed by atoms with Crippen molar-refractivity contribution < 1.29 is 124 Å². The summed E-state index contributed by atoms with van der Waals surface area (Å²) in [5, 5.41) is 116. The molecule has 0 spiro atoms. The van der Waals surface area contributed by atoms with Gasteiger partial charge in [-0.05, 0) is 75.6 Å². The highest BCUT2D eigenvalue weighted by molar-refractivity contribution is 5.75. The van der Waals surface area contributed by atoms with Gasteiger partial charge in [0.1, 0.15) is 99.7 Å². The molecule has 0 radical (unpaired) electrons. The Morgan fingerprint density at radius 2 is 0.582 bits per heavy atom. The van der Waals surface area contributed by atoms with Crippen LogP contribution >= 0.6 is 0 Å². The largest absolute Gasteiger partial charge is 0.463 e. The molecule has 4 saturated heterocycles. The van der Waals surface area contributed by atoms with E-state index in [0.29, 0.717) is 18.3 Å². The predicted molar refractivity (Wildman–Crippen MR) is 322 cm³/mol. The third-order valence-electron chi connectivity index (χ3n) is 17.1. The average Bonchev–Trinajstić information content (AvgIpc) is 1.68. The smallest absolute Gasteiger partial charge is 0.351 e. The van der Waals surface area contributed by atoms with Crippen molar-refractivity contribution in [3.05, 3.63) is 91.0 Å². The zero-order chi connectivity index (χ0) is 74.2. The monoisotopic (exact) mass is 1400 g/mol. The minimum absolute atomic E-state index is 0.139. The molecule has 8 aliphatic rings. The number of hydrogen-bond acceptors (Lipinski definition) is 36. The third kappa shape index (κ3) is 18.1. The van der Waals surface area contributed by atoms with Gasteiger partial charge in [0.05, 0.1) is 29.2 Å². The molecule has 540 valence electrons. The Morgan fingerprint density at radius 1 is 0.367 bits per heavy atom. The number of carbonyl (C=O) groups is 4. The topological polar surface area (TPSA) is 573 Å². The molecule has 98 heavy (non-hydrogen) atoms. The van der Waals surface area contributed by atoms with Crippen LogP contribution in [0, 0.1) is 23.7 Å². The summed E-state index contributed by atoms with van der Waals surface area (Å²) in [5.41, 5.74) is 2.84. The fourth-order valence-corrected chi connectivity index (χ4v) is 11.0. The number of anilines is 4. The molecule has 4 aliphatic carbocycles. The number of esters is 4. The average molecular weight is 1400 g/mol. The molecule has 12 rings (SSSR count). The molecule has 4 aliphatic heterocycles. The van der Waals surface area contributed by atoms with Gasteiger partial charge in [-0.1, -0.05) is 38.5 Å². The molecule has 4 aromatic heterocycles. The summed E-state index contributed by atoms with van der Waals surface area (Å²) in [6.45, 7) is -1.36. The van der Waals surface area contributed by atoms with E-state index in [2.05, 4.69) is 19.9 Å². The van der Waals surface area contributed by atoms with Crippen LogP contribution in [0.15, 0.2) is 68.2 Å². The Morgan fingerprint density at radius 3 is 0.776 bits per heavy atom. The van der Waals surface area contributed by atoms with E-state index < -0.39 is 139 Å². The molecule has 8 heterocycles. The van der Waals surface area contributed by atoms with Crippen LogP contribution in [-0.4, -0.2) is 223 Å². The maximum atomic E-state index is 12.1. The molecule has 0 bridgehead atoms. The summed E-state index contributed by atoms with van der Waals surface area (Å²) >= 11 is 0. The van der Waals surface area contributed by atoms with Crippen LogP contribution < -0.4 is 44.7 Å². The van der Waals surface area contributed by atoms with E-state index in [1.165, 1.54) is 24.3 Å². The summed E-state index contributed by atoms with van der Waals surface area (Å²) in [4.78, 5) is 109. The Kier molecular flexibility index (Phi) is 23.9. The fourth-order valence-electron chi connectivity index (χ4n) is 11.0. The minimum Gasteiger partial charge on any atom is -0.463 e. The van der Waals surface area contributed by atoms with E-state index in [-0.39, 0.29) is 79.3 Å². The highest BCUT2D eigenvalue weighted by Gasteiger charge is 2.49. The van der Waals surface area contributed by atoms with Crippen molar-refractivity contribution in [2.24, 2.45) is 23.7 Å². The normalized spacial score (nSPS) is 33.4. The lowest BCUT2D eigenvalue weighted by atomic mass is 9.86. The molecule has 0 unspecified atom stereocenters. The molecule has 16 atom stereocenters. The Labute approximate surface area is 559 Å². The fraction of sp³-hybridized carbons (Fsp3) is 0.655. The quantitative estimate of drug-likeness (QED) is 0.0235. The zero-order valence-corrected chi connectivity index (χ0v) is 52.1. The van der Waals surface area contributed by atoms with Gasteiger partial charge in [0.15, 0.2) is 48.1 Å². The molecule has 16 N–H and O–H groups in total. The molecule has 8 fully saturated rings. The van der Waals surface area contributed by atoms with E-state index in [1.807, 2.05) is 0 Å². The second kappa shape index (κ2) is 34.2. The Hall–Kier alpha value is -8.04. The number of aliphatic hydroxyl groups excluding tert-OH is 8. The number of aliphatic hydroxyl groups is 8. The van der Waals surface area contributed by atoms with Crippen molar-refractivity contribution >= 4 is 47.1 Å². The van der Waals surface area contributed by atoms with Crippen molar-refractivity contribution in [3.8, 4) is 0 Å². The van der Waals surface area contributed by atoms with E-state index in [9.17, 15) is 79.2 Å². The van der Waals surface area contributed by atoms with Gasteiger partial charge in [-0.15, -0.1) is 0 Å². The number of aromatic nitrogens is 8. The second-order valence-corrected chi connectivity index (χ2v) is 23.8. The number of ether oxygens (including phenoxy) is 8. The van der Waals surface area contributed by atoms with Crippen molar-refractivity contribution in [2.75, 3.05) is 48.3 Å². The summed E-state index contributed by atoms with van der Waals surface area (Å²) in [5.74, 6) is -2.86. The van der Waals surface area contributed by atoms with Crippen molar-refractivity contribution in [1.82, 2.24) is 38.2 Å². The van der Waals surface area contributed by atoms with Crippen LogP contribution in [0.4, 0.5) is 23.3 Å². The van der Waals surface area contributed by atoms with E-state index >= 15 is 0 Å². The number of nitrogens with zero attached hydrogens (tertiary/aromatic N) is 8. The van der Waals surface area contributed by atoms with Gasteiger partial charge in [0.25, 0.3) is 0 Å². The zero-order valence-electron chi connectivity index (χ0n) is 56.1. The summed E-state index contributed by atoms with van der Waals surface area (Å²) in [7, 11) is 0. The summed E-state index contributed by atoms with van der Waals surface area (Å²) in [6.07, 6.45) is -11.0. The second-order valence-electron chi connectivity index (χ2n) is 23.8. The standard InChI is InChI=1S/C16H23N3O7.C15H21N3O7.C14H19N3O7.C13H17N3O7/c20-12-10(8-25-15(22)9-4-2-1-3-5-9)26-14(13(12)21)19-7-6-11(18-24)17-16(19)23;19-11-9(7-24-14(21)8-3-1-2-4-8)25-13(12(11)20)18-6-5-10(17-23)16-15(18)22;18-10-8(6-23-13(20)7-2-1-3-7)24-12(11(10)19)17-5-4-9(16-22)15-14(17)21;17-9-7(5-22-12(19)6-1-2-6)23-11(10(9)18)16-4-3-8(15-21)14-13(16)20/h6-7,9-10,12-14,20-21,24H,1-5,8H2,(H,17,18,23);5-6,8-9,11-13,19-20,23H,1-4,7H2,(H,16,17,22);4-5,7-8,10-12,18-19,22H,1-3,6H2,(H,15,16,21);3-4,6-7,9-11,17-18,21H,1-2,5H2,(H,14,15,20)/t10-,12-,13-,14-;9-,11-,12-,13-;8-,10-,11-,12-;7-,9-,10-,11-/m1111/s1/i14D;13D;12D;11D. The van der Waals surface area contributed by atoms with E-state index in [4.69, 9.17) is 64.2 Å². The van der Waals surface area contributed by atoms with Crippen LogP contribution in [0.1, 0.15) is 120 Å². The van der Waals surface area contributed by atoms with Gasteiger partial charge < -0.3 is 78.7 Å². The van der Waals surface area contributed by atoms with Gasteiger partial charge in [-0.2, -0.15) is 19.9 Å². The first-order valence-electron chi connectivity index (χ1n) is 33.3. The predicted octanol–water partition coefficient (Wildman–Crippen LogP) is -3.19. The van der Waals surface area contributed by atoms with Crippen LogP contribution in [0.5, 0.6) is 0 Å². The lowest BCUT2D eigenvalue weighted by molar-refractivity contribution is -0.158. The van der Waals surface area contributed by atoms with Gasteiger partial charge >= 0.3 is 46.6 Å². The lowest BCUT2D eigenvalue weighted by Crippen LogP contribution is -2.37. The Balaban J connectivity index is 0.000000158. The van der Waals surface area contributed by atoms with Gasteiger partial charge in [0.2, 0.25) is 0 Å². The summed E-state index contributed by atoms with van der Waals surface area (Å²) in [6, 6.07) is 4.74. The van der Waals surface area contributed by atoms with Gasteiger partial charge in [-0.25, -0.2) is 19.2 Å². The highest BCUT2D eigenvalue weighted by Crippen LogP contribution is 2.36. The SMILES string of the molecule is [2H][C@@]1(n2ccc(NO)nc2=O)O[C@H](COC(=O)C2CC2)[C@@H](O)[C@H]1O.[2H][C@@]1(n2ccc(NO)nc2=O)O[C@H](COC(=O)C2CCC2)[C@@H](O)[C@H]1O.[2H][C@@]1(n2ccc(NO)nc2=O)O[C@H](COC(=O)C2CCCC2)[C@@H](O)[C@H]1O.[2H][C@@]1(n2ccc(NO)nc2=O)O[C@H](COC(=O)C2CCCCC2)[C@@H](O)[C@H]1O. The number of hydrogen-bond donors (Lipinski definition) is 16. The number of nitrogens with one attached hydrogen (secondary N) is 4. The van der Waals surface area contributed by atoms with Crippen LogP contribution in [0.2, 0.25) is 0 Å². The third-order valence-corrected chi connectivity index (χ3v) is 17.1. The first kappa shape index (κ1) is 68.5. The molecule has 4 aromatic rings. The number of carbonyl (C=O) groups excluding carboxylic acids is 4. The molecule has 4 saturated carbocycles. The lowest BCUT2D eigenvalue weighted by Gasteiger charge is -2.24. The first-order valence-corrected chi connectivity index (χ1v) is 31.3. The van der Waals surface area contributed by atoms with Crippen molar-refractivity contribution in [3.63, 3.8) is 0 Å². The minimum atomic E-state index is -2.35. The molecule has 40 nitrogen and oxygen atoms in total. The van der Waals surface area contributed by atoms with E-state index in [1.54, 1.807) is 21.9 Å². The molecular weight excluding hydrogens is 1310 g/mol. The highest BCUT2D eigenvalue weighted by atomic mass is 16.6. The maximum absolute atomic E-state index is 12.1. The van der Waals surface area contributed by atoms with Gasteiger partial charge in [0, 0.05) is 24.8 Å². The van der Waals surface area contributed by atoms with Crippen LogP contribution in [-0.2, 0) is 57.1 Å². The van der Waals surface area contributed by atoms with Crippen LogP contribution in [0.25, 0.3) is 0 Å². The molecule has 0 amide bonds. The maximum Gasteiger partial charge on any atom is 0.351 e. The molecule has 40 heteroatoms. The Bertz CT molecular complexity index is 3830. The van der Waals surface area contributed by atoms with E-state index in [0.717, 1.165) is 115 Å². The van der Waals surface area contributed by atoms with Crippen LogP contribution in [0.3, 0.4) is 0 Å². The van der Waals surface area contributed by atoms with Crippen molar-refractivity contribution in [1.29, 1.82) is 0 Å².